The summed E-state index contributed by atoms with van der Waals surface area (Å²) in [5.41, 5.74) is 3.36. The Hall–Kier alpha value is -0.830. The Morgan fingerprint density at radius 1 is 1.16 bits per heavy atom. The number of benzene rings is 2. The summed E-state index contributed by atoms with van der Waals surface area (Å²) in [6.45, 7) is 2.14. The van der Waals surface area contributed by atoms with E-state index in [4.69, 9.17) is 11.6 Å². The molecule has 0 aliphatic rings. The standard InChI is InChI=1S/C16H16BrClO/c1-11-2-3-13(16(18)8-11)9-14(10-19)12-4-6-15(17)7-5-12/h2-8,14,19H,9-10H2,1H3. The SMILES string of the molecule is Cc1ccc(CC(CO)c2ccc(Br)cc2)c(Cl)c1. The maximum atomic E-state index is 9.60. The number of rotatable bonds is 4. The summed E-state index contributed by atoms with van der Waals surface area (Å²) in [6, 6.07) is 14.1. The van der Waals surface area contributed by atoms with Gasteiger partial charge in [-0.3, -0.25) is 0 Å². The third-order valence-corrected chi connectivity index (χ3v) is 4.12. The Morgan fingerprint density at radius 2 is 1.84 bits per heavy atom. The van der Waals surface area contributed by atoms with Gasteiger partial charge in [-0.15, -0.1) is 0 Å². The number of aliphatic hydroxyl groups excluding tert-OH is 1. The van der Waals surface area contributed by atoms with E-state index in [0.29, 0.717) is 0 Å². The minimum absolute atomic E-state index is 0.0771. The summed E-state index contributed by atoms with van der Waals surface area (Å²) < 4.78 is 1.04. The van der Waals surface area contributed by atoms with E-state index in [0.717, 1.165) is 32.6 Å². The van der Waals surface area contributed by atoms with Gasteiger partial charge in [0.2, 0.25) is 0 Å². The Morgan fingerprint density at radius 3 is 2.42 bits per heavy atom. The normalized spacial score (nSPS) is 12.4. The lowest BCUT2D eigenvalue weighted by Gasteiger charge is -2.16. The Balaban J connectivity index is 2.21. The van der Waals surface area contributed by atoms with Gasteiger partial charge >= 0.3 is 0 Å². The minimum Gasteiger partial charge on any atom is -0.396 e. The van der Waals surface area contributed by atoms with Crippen LogP contribution in [0.15, 0.2) is 46.9 Å². The quantitative estimate of drug-likeness (QED) is 0.854. The zero-order chi connectivity index (χ0) is 13.8. The molecule has 0 aliphatic carbocycles. The van der Waals surface area contributed by atoms with E-state index in [9.17, 15) is 5.11 Å². The Labute approximate surface area is 127 Å². The van der Waals surface area contributed by atoms with Gasteiger partial charge in [0.25, 0.3) is 0 Å². The monoisotopic (exact) mass is 338 g/mol. The highest BCUT2D eigenvalue weighted by Gasteiger charge is 2.13. The molecule has 2 aromatic carbocycles. The van der Waals surface area contributed by atoms with E-state index in [1.807, 2.05) is 43.3 Å². The molecule has 100 valence electrons. The molecule has 0 radical (unpaired) electrons. The molecule has 0 saturated heterocycles. The molecule has 0 fully saturated rings. The average molecular weight is 340 g/mol. The molecule has 0 bridgehead atoms. The molecule has 1 unspecified atom stereocenters. The van der Waals surface area contributed by atoms with Crippen LogP contribution in [0.25, 0.3) is 0 Å². The third-order valence-electron chi connectivity index (χ3n) is 3.24. The van der Waals surface area contributed by atoms with Crippen molar-refractivity contribution >= 4 is 27.5 Å². The number of aryl methyl sites for hydroxylation is 1. The van der Waals surface area contributed by atoms with Crippen molar-refractivity contribution < 1.29 is 5.11 Å². The molecular formula is C16H16BrClO. The van der Waals surface area contributed by atoms with Crippen LogP contribution in [0.3, 0.4) is 0 Å². The minimum atomic E-state index is 0.0771. The zero-order valence-corrected chi connectivity index (χ0v) is 13.1. The smallest absolute Gasteiger partial charge is 0.0502 e. The van der Waals surface area contributed by atoms with E-state index in [1.165, 1.54) is 0 Å². The van der Waals surface area contributed by atoms with Crippen molar-refractivity contribution in [2.45, 2.75) is 19.3 Å². The van der Waals surface area contributed by atoms with Crippen LogP contribution in [0.2, 0.25) is 5.02 Å². The highest BCUT2D eigenvalue weighted by Crippen LogP contribution is 2.26. The van der Waals surface area contributed by atoms with E-state index < -0.39 is 0 Å². The van der Waals surface area contributed by atoms with Crippen molar-refractivity contribution in [3.63, 3.8) is 0 Å². The average Bonchev–Trinajstić information content (AvgIpc) is 2.39. The van der Waals surface area contributed by atoms with Gasteiger partial charge in [0.05, 0.1) is 6.61 Å². The van der Waals surface area contributed by atoms with Gasteiger partial charge in [0.1, 0.15) is 0 Å². The molecular weight excluding hydrogens is 324 g/mol. The van der Waals surface area contributed by atoms with Gasteiger partial charge < -0.3 is 5.11 Å². The molecule has 0 aromatic heterocycles. The lowest BCUT2D eigenvalue weighted by molar-refractivity contribution is 0.264. The summed E-state index contributed by atoms with van der Waals surface area (Å²) in [4.78, 5) is 0. The maximum absolute atomic E-state index is 9.60. The van der Waals surface area contributed by atoms with E-state index in [1.54, 1.807) is 0 Å². The molecule has 0 heterocycles. The molecule has 1 atom stereocenters. The summed E-state index contributed by atoms with van der Waals surface area (Å²) in [6.07, 6.45) is 0.747. The van der Waals surface area contributed by atoms with Crippen LogP contribution in [0.1, 0.15) is 22.6 Å². The number of hydrogen-bond donors (Lipinski definition) is 1. The second-order valence-corrected chi connectivity index (χ2v) is 6.05. The van der Waals surface area contributed by atoms with Gasteiger partial charge in [-0.1, -0.05) is 51.8 Å². The van der Waals surface area contributed by atoms with Crippen LogP contribution in [0.5, 0.6) is 0 Å². The molecule has 1 nitrogen and oxygen atoms in total. The van der Waals surface area contributed by atoms with Gasteiger partial charge in [0.15, 0.2) is 0 Å². The predicted molar refractivity (Wildman–Crippen MR) is 83.9 cm³/mol. The maximum Gasteiger partial charge on any atom is 0.0502 e. The first-order valence-corrected chi connectivity index (χ1v) is 7.38. The predicted octanol–water partition coefficient (Wildman–Crippen LogP) is 4.73. The first-order chi connectivity index (χ1) is 9.10. The number of hydrogen-bond acceptors (Lipinski definition) is 1. The van der Waals surface area contributed by atoms with Crippen molar-refractivity contribution in [1.82, 2.24) is 0 Å². The molecule has 0 saturated carbocycles. The van der Waals surface area contributed by atoms with Crippen LogP contribution >= 0.6 is 27.5 Å². The Kier molecular flexibility index (Phi) is 5.03. The molecule has 2 aromatic rings. The molecule has 2 rings (SSSR count). The van der Waals surface area contributed by atoms with Gasteiger partial charge in [-0.2, -0.15) is 0 Å². The highest BCUT2D eigenvalue weighted by molar-refractivity contribution is 9.10. The van der Waals surface area contributed by atoms with Crippen LogP contribution in [0, 0.1) is 6.92 Å². The zero-order valence-electron chi connectivity index (χ0n) is 10.7. The van der Waals surface area contributed by atoms with Crippen LogP contribution in [-0.2, 0) is 6.42 Å². The third kappa shape index (κ3) is 3.82. The molecule has 0 amide bonds. The van der Waals surface area contributed by atoms with Crippen LogP contribution < -0.4 is 0 Å². The number of halogens is 2. The first-order valence-electron chi connectivity index (χ1n) is 6.21. The summed E-state index contributed by atoms with van der Waals surface area (Å²) >= 11 is 9.67. The van der Waals surface area contributed by atoms with Crippen LogP contribution in [0.4, 0.5) is 0 Å². The second kappa shape index (κ2) is 6.56. The van der Waals surface area contributed by atoms with Crippen molar-refractivity contribution in [2.24, 2.45) is 0 Å². The lowest BCUT2D eigenvalue weighted by Crippen LogP contribution is -2.08. The van der Waals surface area contributed by atoms with Crippen molar-refractivity contribution in [3.05, 3.63) is 68.7 Å². The van der Waals surface area contributed by atoms with Crippen LogP contribution in [-0.4, -0.2) is 11.7 Å². The summed E-state index contributed by atoms with van der Waals surface area (Å²) in [7, 11) is 0. The van der Waals surface area contributed by atoms with E-state index in [-0.39, 0.29) is 12.5 Å². The fourth-order valence-corrected chi connectivity index (χ4v) is 2.68. The topological polar surface area (TPSA) is 20.2 Å². The van der Waals surface area contributed by atoms with Crippen molar-refractivity contribution in [3.8, 4) is 0 Å². The van der Waals surface area contributed by atoms with E-state index in [2.05, 4.69) is 22.0 Å². The fraction of sp³-hybridized carbons (Fsp3) is 0.250. The van der Waals surface area contributed by atoms with Gasteiger partial charge in [0, 0.05) is 15.4 Å². The molecule has 1 N–H and O–H groups in total. The largest absolute Gasteiger partial charge is 0.396 e. The van der Waals surface area contributed by atoms with Gasteiger partial charge in [-0.25, -0.2) is 0 Å². The van der Waals surface area contributed by atoms with Crippen molar-refractivity contribution in [2.75, 3.05) is 6.61 Å². The Bertz CT molecular complexity index is 551. The molecule has 0 spiro atoms. The molecule has 19 heavy (non-hydrogen) atoms. The highest BCUT2D eigenvalue weighted by atomic mass is 79.9. The van der Waals surface area contributed by atoms with Gasteiger partial charge in [-0.05, 0) is 48.2 Å². The second-order valence-electron chi connectivity index (χ2n) is 4.73. The summed E-state index contributed by atoms with van der Waals surface area (Å²) in [5, 5.41) is 10.4. The summed E-state index contributed by atoms with van der Waals surface area (Å²) in [5.74, 6) is 0.0771. The van der Waals surface area contributed by atoms with Crippen molar-refractivity contribution in [1.29, 1.82) is 0 Å². The lowest BCUT2D eigenvalue weighted by atomic mass is 9.92. The first kappa shape index (κ1) is 14.6. The van der Waals surface area contributed by atoms with E-state index >= 15 is 0 Å². The molecule has 3 heteroatoms. The molecule has 0 aliphatic heterocycles. The number of aliphatic hydroxyl groups is 1. The fourth-order valence-electron chi connectivity index (χ4n) is 2.11.